The number of piperidine rings is 1. The van der Waals surface area contributed by atoms with Crippen LogP contribution < -0.4 is 11.1 Å². The van der Waals surface area contributed by atoms with Gasteiger partial charge in [-0.25, -0.2) is 0 Å². The van der Waals surface area contributed by atoms with Crippen molar-refractivity contribution in [1.82, 2.24) is 4.90 Å². The van der Waals surface area contributed by atoms with Crippen molar-refractivity contribution in [2.24, 2.45) is 0 Å². The van der Waals surface area contributed by atoms with Crippen molar-refractivity contribution >= 4 is 28.9 Å². The number of likely N-dealkylation sites (tertiary alicyclic amines) is 1. The third kappa shape index (κ3) is 3.32. The molecule has 0 bridgehead atoms. The lowest BCUT2D eigenvalue weighted by Crippen LogP contribution is -2.44. The van der Waals surface area contributed by atoms with Crippen LogP contribution in [0.5, 0.6) is 0 Å². The number of carbonyl (C=O) groups excluding carboxylic acids is 1. The summed E-state index contributed by atoms with van der Waals surface area (Å²) < 4.78 is 0. The maximum Gasteiger partial charge on any atom is 0.244 e. The highest BCUT2D eigenvalue weighted by molar-refractivity contribution is 6.34. The number of halogens is 1. The monoisotopic (exact) mass is 281 g/mol. The average molecular weight is 282 g/mol. The van der Waals surface area contributed by atoms with Gasteiger partial charge in [-0.3, -0.25) is 4.79 Å². The third-order valence-electron chi connectivity index (χ3n) is 3.44. The number of rotatable bonds is 3. The van der Waals surface area contributed by atoms with Crippen LogP contribution in [0.15, 0.2) is 18.2 Å². The van der Waals surface area contributed by atoms with Crippen LogP contribution in [0.3, 0.4) is 0 Å². The summed E-state index contributed by atoms with van der Waals surface area (Å²) in [5, 5.41) is 3.67. The zero-order valence-electron chi connectivity index (χ0n) is 11.2. The van der Waals surface area contributed by atoms with Crippen LogP contribution in [0.4, 0.5) is 11.4 Å². The van der Waals surface area contributed by atoms with Gasteiger partial charge in [-0.1, -0.05) is 17.7 Å². The fraction of sp³-hybridized carbons (Fsp3) is 0.500. The van der Waals surface area contributed by atoms with Gasteiger partial charge in [0.25, 0.3) is 0 Å². The highest BCUT2D eigenvalue weighted by Crippen LogP contribution is 2.28. The number of para-hydroxylation sites is 1. The van der Waals surface area contributed by atoms with E-state index < -0.39 is 0 Å². The third-order valence-corrected chi connectivity index (χ3v) is 3.76. The van der Waals surface area contributed by atoms with Crippen LogP contribution in [0.1, 0.15) is 26.2 Å². The first-order valence-electron chi connectivity index (χ1n) is 6.69. The Balaban J connectivity index is 2.03. The SMILES string of the molecule is CC(Nc1c(N)cccc1Cl)C(=O)N1CCCCC1. The molecule has 3 N–H and O–H groups in total. The molecule has 0 radical (unpaired) electrons. The summed E-state index contributed by atoms with van der Waals surface area (Å²) in [6, 6.07) is 5.00. The largest absolute Gasteiger partial charge is 0.397 e. The number of nitrogen functional groups attached to an aromatic ring is 1. The number of nitrogens with one attached hydrogen (secondary N) is 1. The van der Waals surface area contributed by atoms with Crippen LogP contribution in [-0.2, 0) is 4.79 Å². The highest BCUT2D eigenvalue weighted by Gasteiger charge is 2.22. The molecule has 1 aromatic carbocycles. The molecule has 5 heteroatoms. The molecule has 0 saturated carbocycles. The molecule has 1 aliphatic rings. The fourth-order valence-corrected chi connectivity index (χ4v) is 2.60. The van der Waals surface area contributed by atoms with Crippen molar-refractivity contribution in [2.75, 3.05) is 24.1 Å². The van der Waals surface area contributed by atoms with E-state index in [0.29, 0.717) is 16.4 Å². The summed E-state index contributed by atoms with van der Waals surface area (Å²) in [5.74, 6) is 0.110. The normalized spacial score (nSPS) is 17.1. The van der Waals surface area contributed by atoms with E-state index in [1.54, 1.807) is 18.2 Å². The summed E-state index contributed by atoms with van der Waals surface area (Å²) >= 11 is 6.10. The summed E-state index contributed by atoms with van der Waals surface area (Å²) in [6.45, 7) is 3.55. The molecule has 104 valence electrons. The first kappa shape index (κ1) is 14.0. The molecule has 1 unspecified atom stereocenters. The smallest absolute Gasteiger partial charge is 0.244 e. The van der Waals surface area contributed by atoms with Crippen LogP contribution in [0.2, 0.25) is 5.02 Å². The lowest BCUT2D eigenvalue weighted by atomic mass is 10.1. The first-order chi connectivity index (χ1) is 9.09. The van der Waals surface area contributed by atoms with E-state index in [0.717, 1.165) is 25.9 Å². The van der Waals surface area contributed by atoms with E-state index in [-0.39, 0.29) is 11.9 Å². The zero-order valence-corrected chi connectivity index (χ0v) is 11.9. The van der Waals surface area contributed by atoms with Crippen molar-refractivity contribution in [3.05, 3.63) is 23.2 Å². The molecule has 1 aliphatic heterocycles. The Hall–Kier alpha value is -1.42. The minimum absolute atomic E-state index is 0.110. The molecule has 2 rings (SSSR count). The maximum atomic E-state index is 12.3. The van der Waals surface area contributed by atoms with Gasteiger partial charge in [-0.05, 0) is 38.3 Å². The van der Waals surface area contributed by atoms with Gasteiger partial charge in [-0.15, -0.1) is 0 Å². The first-order valence-corrected chi connectivity index (χ1v) is 7.06. The number of hydrogen-bond acceptors (Lipinski definition) is 3. The summed E-state index contributed by atoms with van der Waals surface area (Å²) in [7, 11) is 0. The molecule has 1 amide bonds. The van der Waals surface area contributed by atoms with Gasteiger partial charge in [-0.2, -0.15) is 0 Å². The predicted molar refractivity (Wildman–Crippen MR) is 79.4 cm³/mol. The maximum absolute atomic E-state index is 12.3. The van der Waals surface area contributed by atoms with Gasteiger partial charge < -0.3 is 16.0 Å². The van der Waals surface area contributed by atoms with E-state index >= 15 is 0 Å². The number of amides is 1. The summed E-state index contributed by atoms with van der Waals surface area (Å²) in [4.78, 5) is 14.2. The topological polar surface area (TPSA) is 58.4 Å². The lowest BCUT2D eigenvalue weighted by Gasteiger charge is -2.30. The van der Waals surface area contributed by atoms with Gasteiger partial charge in [0.05, 0.1) is 16.4 Å². The second-order valence-corrected chi connectivity index (χ2v) is 5.36. The van der Waals surface area contributed by atoms with Crippen molar-refractivity contribution in [3.8, 4) is 0 Å². The van der Waals surface area contributed by atoms with E-state index in [9.17, 15) is 4.79 Å². The Morgan fingerprint density at radius 3 is 2.68 bits per heavy atom. The molecule has 1 fully saturated rings. The second kappa shape index (κ2) is 6.15. The Bertz CT molecular complexity index is 438. The summed E-state index contributed by atoms with van der Waals surface area (Å²) in [6.07, 6.45) is 3.39. The standard InChI is InChI=1S/C14H20ClN3O/c1-10(14(19)18-8-3-2-4-9-18)17-13-11(15)6-5-7-12(13)16/h5-7,10,17H,2-4,8-9,16H2,1H3. The molecular weight excluding hydrogens is 262 g/mol. The highest BCUT2D eigenvalue weighted by atomic mass is 35.5. The zero-order chi connectivity index (χ0) is 13.8. The molecule has 0 aromatic heterocycles. The van der Waals surface area contributed by atoms with Gasteiger partial charge >= 0.3 is 0 Å². The molecule has 1 atom stereocenters. The molecule has 0 spiro atoms. The quantitative estimate of drug-likeness (QED) is 0.838. The number of nitrogens with zero attached hydrogens (tertiary/aromatic N) is 1. The van der Waals surface area contributed by atoms with Crippen LogP contribution >= 0.6 is 11.6 Å². The molecular formula is C14H20ClN3O. The van der Waals surface area contributed by atoms with E-state index in [1.165, 1.54) is 6.42 Å². The van der Waals surface area contributed by atoms with Gasteiger partial charge in [0.1, 0.15) is 6.04 Å². The van der Waals surface area contributed by atoms with Crippen LogP contribution in [-0.4, -0.2) is 29.9 Å². The van der Waals surface area contributed by atoms with Gasteiger partial charge in [0.2, 0.25) is 5.91 Å². The molecule has 1 heterocycles. The van der Waals surface area contributed by atoms with Crippen LogP contribution in [0.25, 0.3) is 0 Å². The number of hydrogen-bond donors (Lipinski definition) is 2. The van der Waals surface area contributed by atoms with Gasteiger partial charge in [0, 0.05) is 13.1 Å². The molecule has 4 nitrogen and oxygen atoms in total. The molecule has 1 saturated heterocycles. The predicted octanol–water partition coefficient (Wildman–Crippen LogP) is 2.74. The number of carbonyl (C=O) groups is 1. The summed E-state index contributed by atoms with van der Waals surface area (Å²) in [5.41, 5.74) is 7.08. The average Bonchev–Trinajstić information content (AvgIpc) is 2.43. The van der Waals surface area contributed by atoms with E-state index in [4.69, 9.17) is 17.3 Å². The Kier molecular flexibility index (Phi) is 4.53. The Morgan fingerprint density at radius 2 is 2.05 bits per heavy atom. The minimum atomic E-state index is -0.319. The van der Waals surface area contributed by atoms with E-state index in [1.807, 2.05) is 11.8 Å². The number of anilines is 2. The number of benzene rings is 1. The number of nitrogens with two attached hydrogens (primary N) is 1. The second-order valence-electron chi connectivity index (χ2n) is 4.96. The van der Waals surface area contributed by atoms with Crippen molar-refractivity contribution in [1.29, 1.82) is 0 Å². The molecule has 0 aliphatic carbocycles. The Morgan fingerprint density at radius 1 is 1.37 bits per heavy atom. The lowest BCUT2D eigenvalue weighted by molar-refractivity contribution is -0.132. The van der Waals surface area contributed by atoms with Crippen LogP contribution in [0, 0.1) is 0 Å². The van der Waals surface area contributed by atoms with E-state index in [2.05, 4.69) is 5.32 Å². The van der Waals surface area contributed by atoms with Crippen molar-refractivity contribution in [2.45, 2.75) is 32.2 Å². The molecule has 1 aromatic rings. The van der Waals surface area contributed by atoms with Crippen molar-refractivity contribution in [3.63, 3.8) is 0 Å². The minimum Gasteiger partial charge on any atom is -0.397 e. The fourth-order valence-electron chi connectivity index (χ4n) is 2.36. The van der Waals surface area contributed by atoms with Gasteiger partial charge in [0.15, 0.2) is 0 Å². The Labute approximate surface area is 118 Å². The molecule has 19 heavy (non-hydrogen) atoms. The van der Waals surface area contributed by atoms with Crippen molar-refractivity contribution < 1.29 is 4.79 Å².